The number of allylic oxidation sites excluding steroid dienone is 5. The van der Waals surface area contributed by atoms with Crippen molar-refractivity contribution < 1.29 is 0 Å². The maximum absolute atomic E-state index is 5.10. The first-order valence-corrected chi connectivity index (χ1v) is 3.65. The third kappa shape index (κ3) is 11.3. The average Bonchev–Trinajstić information content (AvgIpc) is 2.01. The van der Waals surface area contributed by atoms with Crippen molar-refractivity contribution in [1.29, 1.82) is 0 Å². The van der Waals surface area contributed by atoms with Gasteiger partial charge >= 0.3 is 0 Å². The van der Waals surface area contributed by atoms with E-state index in [1.807, 2.05) is 19.9 Å². The Morgan fingerprint density at radius 1 is 1.42 bits per heavy atom. The molecule has 0 aromatic heterocycles. The van der Waals surface area contributed by atoms with Gasteiger partial charge in [-0.15, -0.1) is 13.0 Å². The Kier molecular flexibility index (Phi) is 10.4. The fraction of sp³-hybridized carbons (Fsp3) is 0.167. The summed E-state index contributed by atoms with van der Waals surface area (Å²) in [4.78, 5) is 0. The third-order valence-electron chi connectivity index (χ3n) is 0.788. The second-order valence-corrected chi connectivity index (χ2v) is 2.20. The van der Waals surface area contributed by atoms with Crippen LogP contribution in [0.1, 0.15) is 13.8 Å². The van der Waals surface area contributed by atoms with Crippen molar-refractivity contribution in [2.75, 3.05) is 0 Å². The summed E-state index contributed by atoms with van der Waals surface area (Å²) in [6.45, 7) is 14.3. The molecule has 0 aliphatic carbocycles. The first kappa shape index (κ1) is 13.1. The number of rotatable bonds is 2. The molecule has 0 heterocycles. The third-order valence-corrected chi connectivity index (χ3v) is 0.788. The predicted octanol–water partition coefficient (Wildman–Crippen LogP) is 3.50. The fourth-order valence-corrected chi connectivity index (χ4v) is 0.425. The average molecular weight is 160 g/mol. The molecule has 0 bridgehead atoms. The minimum absolute atomic E-state index is 0.780. The molecular formula is C12H16. The van der Waals surface area contributed by atoms with E-state index in [0.717, 1.165) is 11.1 Å². The van der Waals surface area contributed by atoms with Crippen molar-refractivity contribution >= 4 is 0 Å². The van der Waals surface area contributed by atoms with Crippen molar-refractivity contribution in [3.63, 3.8) is 0 Å². The molecule has 0 atom stereocenters. The zero-order chi connectivity index (χ0) is 9.98. The van der Waals surface area contributed by atoms with E-state index in [2.05, 4.69) is 25.7 Å². The van der Waals surface area contributed by atoms with Crippen LogP contribution in [-0.2, 0) is 0 Å². The standard InChI is InChI=1S/C9H10.C3H6/c1-5-9(6-2)7-8(3)4;1-3-2/h1,6-7H,2-3H2,4H3;3H,1H2,2H3/b9-7-;. The lowest BCUT2D eigenvalue weighted by atomic mass is 10.2. The lowest BCUT2D eigenvalue weighted by Crippen LogP contribution is -1.70. The highest BCUT2D eigenvalue weighted by Crippen LogP contribution is 1.98. The molecule has 0 saturated heterocycles. The SMILES string of the molecule is C#C/C(C=C)=C/C(=C)C.C=CC. The molecular weight excluding hydrogens is 144 g/mol. The van der Waals surface area contributed by atoms with Crippen LogP contribution in [0.2, 0.25) is 0 Å². The topological polar surface area (TPSA) is 0 Å². The number of hydrogen-bond donors (Lipinski definition) is 0. The normalized spacial score (nSPS) is 8.58. The van der Waals surface area contributed by atoms with Crippen LogP contribution in [0, 0.1) is 12.3 Å². The molecule has 0 rings (SSSR count). The summed E-state index contributed by atoms with van der Waals surface area (Å²) in [6.07, 6.45) is 10.3. The van der Waals surface area contributed by atoms with E-state index in [-0.39, 0.29) is 0 Å². The number of terminal acetylenes is 1. The molecule has 0 saturated carbocycles. The largest absolute Gasteiger partial charge is 0.115 e. The van der Waals surface area contributed by atoms with E-state index in [9.17, 15) is 0 Å². The second-order valence-electron chi connectivity index (χ2n) is 2.20. The second kappa shape index (κ2) is 9.52. The van der Waals surface area contributed by atoms with Gasteiger partial charge in [0.25, 0.3) is 0 Å². The minimum Gasteiger partial charge on any atom is -0.115 e. The zero-order valence-electron chi connectivity index (χ0n) is 7.93. The molecule has 0 aliphatic heterocycles. The summed E-state index contributed by atoms with van der Waals surface area (Å²) >= 11 is 0. The van der Waals surface area contributed by atoms with Crippen LogP contribution in [0.5, 0.6) is 0 Å². The van der Waals surface area contributed by atoms with Crippen LogP contribution in [0.25, 0.3) is 0 Å². The Balaban J connectivity index is 0. The summed E-state index contributed by atoms with van der Waals surface area (Å²) in [5.41, 5.74) is 1.73. The minimum atomic E-state index is 0.780. The van der Waals surface area contributed by atoms with Crippen LogP contribution < -0.4 is 0 Å². The maximum Gasteiger partial charge on any atom is 0.0239 e. The van der Waals surface area contributed by atoms with Crippen LogP contribution in [0.15, 0.2) is 49.1 Å². The highest BCUT2D eigenvalue weighted by atomic mass is 13.8. The Labute approximate surface area is 76.0 Å². The van der Waals surface area contributed by atoms with E-state index < -0.39 is 0 Å². The maximum atomic E-state index is 5.10. The Morgan fingerprint density at radius 2 is 1.83 bits per heavy atom. The van der Waals surface area contributed by atoms with Gasteiger partial charge < -0.3 is 0 Å². The molecule has 0 aromatic rings. The van der Waals surface area contributed by atoms with Gasteiger partial charge in [-0.3, -0.25) is 0 Å². The van der Waals surface area contributed by atoms with Crippen LogP contribution in [-0.4, -0.2) is 0 Å². The van der Waals surface area contributed by atoms with Gasteiger partial charge in [-0.2, -0.15) is 0 Å². The monoisotopic (exact) mass is 160 g/mol. The van der Waals surface area contributed by atoms with E-state index in [4.69, 9.17) is 6.42 Å². The predicted molar refractivity (Wildman–Crippen MR) is 57.8 cm³/mol. The molecule has 0 fully saturated rings. The van der Waals surface area contributed by atoms with E-state index in [1.165, 1.54) is 0 Å². The zero-order valence-corrected chi connectivity index (χ0v) is 7.93. The Hall–Kier alpha value is -1.48. The van der Waals surface area contributed by atoms with Gasteiger partial charge in [0, 0.05) is 5.57 Å². The van der Waals surface area contributed by atoms with Crippen LogP contribution in [0.4, 0.5) is 0 Å². The van der Waals surface area contributed by atoms with Gasteiger partial charge in [0.15, 0.2) is 0 Å². The summed E-state index contributed by atoms with van der Waals surface area (Å²) in [7, 11) is 0. The van der Waals surface area contributed by atoms with Crippen molar-refractivity contribution in [2.45, 2.75) is 13.8 Å². The first-order valence-electron chi connectivity index (χ1n) is 3.65. The first-order chi connectivity index (χ1) is 5.62. The molecule has 0 heteroatoms. The van der Waals surface area contributed by atoms with Gasteiger partial charge in [0.2, 0.25) is 0 Å². The molecule has 0 spiro atoms. The van der Waals surface area contributed by atoms with Crippen molar-refractivity contribution in [1.82, 2.24) is 0 Å². The fourth-order valence-electron chi connectivity index (χ4n) is 0.425. The van der Waals surface area contributed by atoms with Crippen LogP contribution >= 0.6 is 0 Å². The molecule has 0 radical (unpaired) electrons. The van der Waals surface area contributed by atoms with Crippen molar-refractivity contribution in [3.8, 4) is 12.3 Å². The van der Waals surface area contributed by atoms with Crippen molar-refractivity contribution in [3.05, 3.63) is 49.1 Å². The van der Waals surface area contributed by atoms with Gasteiger partial charge in [-0.25, -0.2) is 0 Å². The lowest BCUT2D eigenvalue weighted by Gasteiger charge is -1.87. The highest BCUT2D eigenvalue weighted by molar-refractivity contribution is 5.39. The smallest absolute Gasteiger partial charge is 0.0239 e. The summed E-state index contributed by atoms with van der Waals surface area (Å²) in [5.74, 6) is 2.47. The molecule has 0 aromatic carbocycles. The van der Waals surface area contributed by atoms with E-state index in [0.29, 0.717) is 0 Å². The lowest BCUT2D eigenvalue weighted by molar-refractivity contribution is 1.54. The molecule has 12 heavy (non-hydrogen) atoms. The quantitative estimate of drug-likeness (QED) is 0.329. The summed E-state index contributed by atoms with van der Waals surface area (Å²) in [6, 6.07) is 0. The van der Waals surface area contributed by atoms with Gasteiger partial charge in [0.1, 0.15) is 0 Å². The molecule has 0 nitrogen and oxygen atoms in total. The van der Waals surface area contributed by atoms with Gasteiger partial charge in [0.05, 0.1) is 0 Å². The van der Waals surface area contributed by atoms with Gasteiger partial charge in [-0.05, 0) is 19.9 Å². The van der Waals surface area contributed by atoms with E-state index >= 15 is 0 Å². The highest BCUT2D eigenvalue weighted by Gasteiger charge is 1.81. The molecule has 0 unspecified atom stereocenters. The molecule has 0 aliphatic rings. The molecule has 64 valence electrons. The van der Waals surface area contributed by atoms with Crippen LogP contribution in [0.3, 0.4) is 0 Å². The molecule has 0 amide bonds. The van der Waals surface area contributed by atoms with Crippen molar-refractivity contribution in [2.24, 2.45) is 0 Å². The number of hydrogen-bond acceptors (Lipinski definition) is 0. The molecule has 0 N–H and O–H groups in total. The van der Waals surface area contributed by atoms with Gasteiger partial charge in [-0.1, -0.05) is 36.8 Å². The summed E-state index contributed by atoms with van der Waals surface area (Å²) in [5, 5.41) is 0. The Bertz CT molecular complexity index is 221. The Morgan fingerprint density at radius 3 is 1.92 bits per heavy atom. The summed E-state index contributed by atoms with van der Waals surface area (Å²) < 4.78 is 0. The van der Waals surface area contributed by atoms with E-state index in [1.54, 1.807) is 12.2 Å².